The number of carboxylic acid groups (broad SMARTS) is 1. The fourth-order valence-corrected chi connectivity index (χ4v) is 0.379. The van der Waals surface area contributed by atoms with Gasteiger partial charge in [-0.2, -0.15) is 0 Å². The second kappa shape index (κ2) is 7.87. The van der Waals surface area contributed by atoms with Gasteiger partial charge in [-0.05, 0) is 0 Å². The minimum Gasteiger partial charge on any atom is -0.540 e. The van der Waals surface area contributed by atoms with Crippen LogP contribution in [0.3, 0.4) is 0 Å². The zero-order valence-corrected chi connectivity index (χ0v) is 10.7. The molecule has 1 rings (SSSR count). The Bertz CT molecular complexity index is 236. The van der Waals surface area contributed by atoms with Crippen molar-refractivity contribution in [3.8, 4) is 0 Å². The van der Waals surface area contributed by atoms with Gasteiger partial charge in [0, 0.05) is 6.92 Å². The van der Waals surface area contributed by atoms with Crippen LogP contribution in [-0.2, 0) is 0 Å². The second-order valence-corrected chi connectivity index (χ2v) is 1.41. The monoisotopic (exact) mass is 196 g/mol. The number of hydrogen-bond donors (Lipinski definition) is 0. The molecule has 0 amide bonds. The molecule has 0 spiro atoms. The number of carbonyl (C=O) groups excluding carboxylic acids is 1. The van der Waals surface area contributed by atoms with Gasteiger partial charge in [-0.3, -0.25) is 0 Å². The maximum atomic E-state index is 9.91. The van der Waals surface area contributed by atoms with Crippen molar-refractivity contribution in [1.29, 1.82) is 0 Å². The summed E-state index contributed by atoms with van der Waals surface area (Å²) in [5.74, 6) is -1.71. The van der Waals surface area contributed by atoms with Crippen molar-refractivity contribution in [2.45, 2.75) is 20.8 Å². The molecule has 0 atom stereocenters. The number of aryl methyl sites for hydroxylation is 1. The van der Waals surface area contributed by atoms with E-state index in [1.165, 1.54) is 6.92 Å². The summed E-state index contributed by atoms with van der Waals surface area (Å²) in [5.41, 5.74) is 0. The Hall–Kier alpha value is 0.246. The predicted octanol–water partition coefficient (Wildman–Crippen LogP) is -3.23. The molecule has 0 fully saturated rings. The fraction of sp³-hybridized carbons (Fsp3) is 0.500. The Kier molecular flexibility index (Phi) is 9.68. The summed E-state index contributed by atoms with van der Waals surface area (Å²) in [6.07, 6.45) is 0. The van der Waals surface area contributed by atoms with E-state index in [1.807, 2.05) is 13.8 Å². The third-order valence-corrected chi connectivity index (χ3v) is 0.701. The summed E-state index contributed by atoms with van der Waals surface area (Å²) in [6, 6.07) is 0. The van der Waals surface area contributed by atoms with E-state index in [9.17, 15) is 9.90 Å². The normalized spacial score (nSPS) is 7.58. The molecule has 0 unspecified atom stereocenters. The molecule has 0 aliphatic heterocycles. The van der Waals surface area contributed by atoms with E-state index in [2.05, 4.69) is 14.6 Å². The van der Waals surface area contributed by atoms with E-state index in [4.69, 9.17) is 0 Å². The Balaban J connectivity index is 0. The first-order valence-corrected chi connectivity index (χ1v) is 3.21. The van der Waals surface area contributed by atoms with Crippen molar-refractivity contribution < 1.29 is 65.7 Å². The Labute approximate surface area is 113 Å². The van der Waals surface area contributed by atoms with Gasteiger partial charge in [0.25, 0.3) is 5.89 Å². The number of aromatic carboxylic acids is 1. The molecule has 1 aromatic rings. The fourth-order valence-electron chi connectivity index (χ4n) is 0.379. The summed E-state index contributed by atoms with van der Waals surface area (Å²) >= 11 is 0. The average Bonchev–Trinajstić information content (AvgIpc) is 2.40. The molecule has 0 aromatic carbocycles. The smallest absolute Gasteiger partial charge is 0.540 e. The molecule has 0 bridgehead atoms. The quantitative estimate of drug-likeness (QED) is 0.441. The second-order valence-electron chi connectivity index (χ2n) is 1.41. The molecule has 62 valence electrons. The summed E-state index contributed by atoms with van der Waals surface area (Å²) in [7, 11) is 0. The van der Waals surface area contributed by atoms with Crippen molar-refractivity contribution >= 4 is 5.97 Å². The molecule has 5 nitrogen and oxygen atoms in total. The van der Waals surface area contributed by atoms with Gasteiger partial charge < -0.3 is 14.3 Å². The standard InChI is InChI=1S/C4H4N2O3.C2H6.K/c1-2-5-6-3(9-2)4(7)8;1-2;/h1H3,(H,7,8);1-2H3;/q;;+1/p-1. The molecule has 6 heteroatoms. The number of carbonyl (C=O) groups is 1. The van der Waals surface area contributed by atoms with Gasteiger partial charge in [0.1, 0.15) is 5.97 Å². The van der Waals surface area contributed by atoms with Gasteiger partial charge in [0.05, 0.1) is 0 Å². The number of aromatic nitrogens is 2. The van der Waals surface area contributed by atoms with Crippen LogP contribution in [0.15, 0.2) is 4.42 Å². The Morgan fingerprint density at radius 3 is 2.08 bits per heavy atom. The van der Waals surface area contributed by atoms with Crippen molar-refractivity contribution in [3.63, 3.8) is 0 Å². The zero-order valence-electron chi connectivity index (χ0n) is 7.62. The van der Waals surface area contributed by atoms with Crippen LogP contribution in [0.5, 0.6) is 0 Å². The number of nitrogens with zero attached hydrogens (tertiary/aromatic N) is 2. The molecule has 0 aliphatic carbocycles. The van der Waals surface area contributed by atoms with Crippen molar-refractivity contribution in [2.75, 3.05) is 0 Å². The van der Waals surface area contributed by atoms with Gasteiger partial charge >= 0.3 is 51.4 Å². The number of carboxylic acids is 1. The first-order chi connectivity index (χ1) is 5.20. The number of hydrogen-bond acceptors (Lipinski definition) is 5. The van der Waals surface area contributed by atoms with Gasteiger partial charge in [0.15, 0.2) is 0 Å². The van der Waals surface area contributed by atoms with Crippen LogP contribution < -0.4 is 56.5 Å². The van der Waals surface area contributed by atoms with Crippen molar-refractivity contribution in [1.82, 2.24) is 10.2 Å². The van der Waals surface area contributed by atoms with Crippen LogP contribution in [0.4, 0.5) is 0 Å². The van der Waals surface area contributed by atoms with Gasteiger partial charge in [-0.15, -0.1) is 10.2 Å². The van der Waals surface area contributed by atoms with Gasteiger partial charge in [-0.25, -0.2) is 0 Å². The van der Waals surface area contributed by atoms with E-state index in [-0.39, 0.29) is 57.3 Å². The first-order valence-electron chi connectivity index (χ1n) is 3.21. The average molecular weight is 196 g/mol. The van der Waals surface area contributed by atoms with Crippen molar-refractivity contribution in [3.05, 3.63) is 11.8 Å². The summed E-state index contributed by atoms with van der Waals surface area (Å²) in [4.78, 5) is 9.91. The molecule has 0 N–H and O–H groups in total. The molecular formula is C6H9KN2O3. The maximum absolute atomic E-state index is 9.91. The van der Waals surface area contributed by atoms with E-state index in [0.29, 0.717) is 0 Å². The minimum atomic E-state index is -1.45. The van der Waals surface area contributed by atoms with E-state index in [0.717, 1.165) is 0 Å². The third-order valence-electron chi connectivity index (χ3n) is 0.701. The third kappa shape index (κ3) is 4.99. The zero-order chi connectivity index (χ0) is 8.85. The minimum absolute atomic E-state index is 0. The SMILES string of the molecule is CC.Cc1nnc(C(=O)[O-])o1.[K+]. The first kappa shape index (κ1) is 14.8. The molecule has 0 aliphatic rings. The van der Waals surface area contributed by atoms with Crippen LogP contribution in [0.25, 0.3) is 0 Å². The molecule has 0 saturated carbocycles. The van der Waals surface area contributed by atoms with E-state index < -0.39 is 11.9 Å². The van der Waals surface area contributed by atoms with Gasteiger partial charge in [0.2, 0.25) is 5.89 Å². The molecule has 1 aromatic heterocycles. The topological polar surface area (TPSA) is 79.0 Å². The Morgan fingerprint density at radius 2 is 1.92 bits per heavy atom. The van der Waals surface area contributed by atoms with Crippen LogP contribution >= 0.6 is 0 Å². The van der Waals surface area contributed by atoms with Gasteiger partial charge in [-0.1, -0.05) is 13.8 Å². The number of rotatable bonds is 1. The molecular weight excluding hydrogens is 187 g/mol. The summed E-state index contributed by atoms with van der Waals surface area (Å²) in [6.45, 7) is 5.50. The predicted molar refractivity (Wildman–Crippen MR) is 34.7 cm³/mol. The Morgan fingerprint density at radius 1 is 1.42 bits per heavy atom. The van der Waals surface area contributed by atoms with Crippen LogP contribution in [-0.4, -0.2) is 16.2 Å². The molecule has 12 heavy (non-hydrogen) atoms. The van der Waals surface area contributed by atoms with E-state index in [1.54, 1.807) is 0 Å². The van der Waals surface area contributed by atoms with Crippen LogP contribution in [0, 0.1) is 6.92 Å². The molecule has 1 heterocycles. The molecule has 0 saturated heterocycles. The van der Waals surface area contributed by atoms with E-state index >= 15 is 0 Å². The summed E-state index contributed by atoms with van der Waals surface area (Å²) in [5, 5.41) is 16.3. The molecule has 0 radical (unpaired) electrons. The maximum Gasteiger partial charge on any atom is 1.00 e. The van der Waals surface area contributed by atoms with Crippen LogP contribution in [0.1, 0.15) is 30.4 Å². The van der Waals surface area contributed by atoms with Crippen LogP contribution in [0.2, 0.25) is 0 Å². The summed E-state index contributed by atoms with van der Waals surface area (Å²) < 4.78 is 4.46. The largest absolute Gasteiger partial charge is 1.00 e. The van der Waals surface area contributed by atoms with Crippen molar-refractivity contribution in [2.24, 2.45) is 0 Å².